The molecular weight excluding hydrogens is 326 g/mol. The fourth-order valence-electron chi connectivity index (χ4n) is 1.18. The Morgan fingerprint density at radius 1 is 1.50 bits per heavy atom. The highest BCUT2D eigenvalue weighted by atomic mass is 79.9. The molecule has 2 aromatic rings. The van der Waals surface area contributed by atoms with Crippen molar-refractivity contribution in [3.63, 3.8) is 0 Å². The van der Waals surface area contributed by atoms with Crippen molar-refractivity contribution in [1.29, 1.82) is 0 Å². The topological polar surface area (TPSA) is 111 Å². The van der Waals surface area contributed by atoms with E-state index in [9.17, 15) is 14.9 Å². The maximum absolute atomic E-state index is 11.9. The first-order valence-corrected chi connectivity index (χ1v) is 6.05. The number of anilines is 1. The van der Waals surface area contributed by atoms with Gasteiger partial charge < -0.3 is 0 Å². The first-order chi connectivity index (χ1) is 8.59. The van der Waals surface area contributed by atoms with Gasteiger partial charge in [0.1, 0.15) is 4.47 Å². The van der Waals surface area contributed by atoms with E-state index < -0.39 is 10.8 Å². The fraction of sp³-hybridized carbons (Fsp3) is 0. The first kappa shape index (κ1) is 12.5. The van der Waals surface area contributed by atoms with Crippen LogP contribution in [0, 0.1) is 10.1 Å². The number of halogens is 1. The van der Waals surface area contributed by atoms with Crippen LogP contribution < -0.4 is 5.32 Å². The van der Waals surface area contributed by atoms with Crippen LogP contribution in [0.15, 0.2) is 22.7 Å². The molecule has 92 valence electrons. The van der Waals surface area contributed by atoms with Crippen molar-refractivity contribution in [3.8, 4) is 0 Å². The number of amides is 1. The summed E-state index contributed by atoms with van der Waals surface area (Å²) in [6.45, 7) is 0. The molecule has 0 bridgehead atoms. The van der Waals surface area contributed by atoms with E-state index in [1.807, 2.05) is 0 Å². The summed E-state index contributed by atoms with van der Waals surface area (Å²) in [6.07, 6.45) is 0. The van der Waals surface area contributed by atoms with Gasteiger partial charge in [-0.15, -0.1) is 0 Å². The summed E-state index contributed by atoms with van der Waals surface area (Å²) >= 11 is 3.94. The molecule has 0 aliphatic heterocycles. The molecule has 2 rings (SSSR count). The quantitative estimate of drug-likeness (QED) is 0.679. The lowest BCUT2D eigenvalue weighted by Crippen LogP contribution is -2.13. The zero-order valence-electron chi connectivity index (χ0n) is 8.53. The van der Waals surface area contributed by atoms with Gasteiger partial charge in [-0.05, 0) is 27.2 Å². The predicted octanol–water partition coefficient (Wildman–Crippen LogP) is 1.86. The van der Waals surface area contributed by atoms with Gasteiger partial charge in [0, 0.05) is 17.6 Å². The standard InChI is InChI=1S/C8H4BrN5O3S/c9-6-4(2-1-3-5(6)14(16)17)7(15)10-8-11-12-13-18-8/h1-3H,(H,10,11,13,15). The van der Waals surface area contributed by atoms with Crippen LogP contribution >= 0.6 is 27.5 Å². The summed E-state index contributed by atoms with van der Waals surface area (Å²) in [7, 11) is 0. The molecule has 1 N–H and O–H groups in total. The largest absolute Gasteiger partial charge is 0.295 e. The molecule has 1 aromatic carbocycles. The SMILES string of the molecule is O=C(Nc1nnns1)c1cccc([N+](=O)[O-])c1Br. The van der Waals surface area contributed by atoms with Gasteiger partial charge in [-0.3, -0.25) is 20.2 Å². The highest BCUT2D eigenvalue weighted by molar-refractivity contribution is 9.10. The van der Waals surface area contributed by atoms with Gasteiger partial charge in [-0.1, -0.05) is 15.7 Å². The minimum absolute atomic E-state index is 0.116. The first-order valence-electron chi connectivity index (χ1n) is 4.49. The number of rotatable bonds is 3. The Hall–Kier alpha value is -1.94. The van der Waals surface area contributed by atoms with Crippen molar-refractivity contribution in [2.24, 2.45) is 0 Å². The van der Waals surface area contributed by atoms with Crippen molar-refractivity contribution in [1.82, 2.24) is 14.8 Å². The Kier molecular flexibility index (Phi) is 3.58. The highest BCUT2D eigenvalue weighted by Gasteiger charge is 2.20. The van der Waals surface area contributed by atoms with E-state index in [1.165, 1.54) is 18.2 Å². The van der Waals surface area contributed by atoms with Crippen LogP contribution in [-0.4, -0.2) is 25.6 Å². The molecule has 8 nitrogen and oxygen atoms in total. The van der Waals surface area contributed by atoms with Crippen LogP contribution in [-0.2, 0) is 0 Å². The second kappa shape index (κ2) is 5.14. The average Bonchev–Trinajstić information content (AvgIpc) is 2.81. The molecular formula is C8H4BrN5O3S. The molecule has 0 radical (unpaired) electrons. The summed E-state index contributed by atoms with van der Waals surface area (Å²) in [5.74, 6) is -0.524. The van der Waals surface area contributed by atoms with Crippen molar-refractivity contribution < 1.29 is 9.72 Å². The van der Waals surface area contributed by atoms with E-state index in [4.69, 9.17) is 0 Å². The summed E-state index contributed by atoms with van der Waals surface area (Å²) in [5, 5.41) is 20.3. The molecule has 0 spiro atoms. The second-order valence-corrected chi connectivity index (χ2v) is 4.54. The van der Waals surface area contributed by atoms with E-state index in [1.54, 1.807) is 0 Å². The third-order valence-corrected chi connectivity index (χ3v) is 3.28. The number of nitro benzene ring substituents is 1. The second-order valence-electron chi connectivity index (χ2n) is 3.02. The molecule has 10 heteroatoms. The number of benzene rings is 1. The predicted molar refractivity (Wildman–Crippen MR) is 66.5 cm³/mol. The molecule has 0 saturated carbocycles. The van der Waals surface area contributed by atoms with Gasteiger partial charge in [0.25, 0.3) is 11.6 Å². The molecule has 0 fully saturated rings. The van der Waals surface area contributed by atoms with Gasteiger partial charge in [-0.25, -0.2) is 0 Å². The molecule has 0 aliphatic carbocycles. The Labute approximate surface area is 112 Å². The zero-order chi connectivity index (χ0) is 13.1. The summed E-state index contributed by atoms with van der Waals surface area (Å²) < 4.78 is 3.60. The van der Waals surface area contributed by atoms with Crippen LogP contribution in [0.1, 0.15) is 10.4 Å². The van der Waals surface area contributed by atoms with Crippen LogP contribution in [0.25, 0.3) is 0 Å². The molecule has 0 saturated heterocycles. The smallest absolute Gasteiger partial charge is 0.284 e. The van der Waals surface area contributed by atoms with Crippen molar-refractivity contribution in [2.45, 2.75) is 0 Å². The fourth-order valence-corrected chi connectivity index (χ4v) is 2.13. The number of nitro groups is 1. The zero-order valence-corrected chi connectivity index (χ0v) is 10.9. The number of hydrogen-bond acceptors (Lipinski definition) is 7. The number of carbonyl (C=O) groups is 1. The lowest BCUT2D eigenvalue weighted by atomic mass is 10.2. The number of nitrogens with zero attached hydrogens (tertiary/aromatic N) is 4. The Balaban J connectivity index is 2.31. The van der Waals surface area contributed by atoms with Gasteiger partial charge in [0.2, 0.25) is 5.13 Å². The molecule has 18 heavy (non-hydrogen) atoms. The number of hydrogen-bond donors (Lipinski definition) is 1. The molecule has 0 aliphatic rings. The number of carbonyl (C=O) groups excluding carboxylic acids is 1. The van der Waals surface area contributed by atoms with E-state index in [2.05, 4.69) is 36.0 Å². The molecule has 1 amide bonds. The third-order valence-electron chi connectivity index (χ3n) is 1.94. The van der Waals surface area contributed by atoms with E-state index >= 15 is 0 Å². The molecule has 1 heterocycles. The van der Waals surface area contributed by atoms with Gasteiger partial charge in [0.15, 0.2) is 0 Å². The summed E-state index contributed by atoms with van der Waals surface area (Å²) in [4.78, 5) is 22.0. The maximum Gasteiger partial charge on any atom is 0.284 e. The van der Waals surface area contributed by atoms with E-state index in [0.717, 1.165) is 11.5 Å². The van der Waals surface area contributed by atoms with Gasteiger partial charge >= 0.3 is 0 Å². The van der Waals surface area contributed by atoms with Gasteiger partial charge in [0.05, 0.1) is 10.5 Å². The Morgan fingerprint density at radius 3 is 2.89 bits per heavy atom. The van der Waals surface area contributed by atoms with E-state index in [0.29, 0.717) is 0 Å². The maximum atomic E-state index is 11.9. The highest BCUT2D eigenvalue weighted by Crippen LogP contribution is 2.28. The normalized spacial score (nSPS) is 10.1. The minimum Gasteiger partial charge on any atom is -0.295 e. The minimum atomic E-state index is -0.576. The van der Waals surface area contributed by atoms with Crippen LogP contribution in [0.5, 0.6) is 0 Å². The molecule has 0 unspecified atom stereocenters. The van der Waals surface area contributed by atoms with E-state index in [-0.39, 0.29) is 20.9 Å². The number of nitrogens with one attached hydrogen (secondary N) is 1. The van der Waals surface area contributed by atoms with Crippen molar-refractivity contribution in [2.75, 3.05) is 5.32 Å². The monoisotopic (exact) mass is 329 g/mol. The number of aromatic nitrogens is 3. The lowest BCUT2D eigenvalue weighted by molar-refractivity contribution is -0.385. The van der Waals surface area contributed by atoms with Crippen LogP contribution in [0.3, 0.4) is 0 Å². The lowest BCUT2D eigenvalue weighted by Gasteiger charge is -2.03. The molecule has 0 atom stereocenters. The summed E-state index contributed by atoms with van der Waals surface area (Å²) in [6, 6.07) is 4.18. The molecule has 1 aromatic heterocycles. The Bertz CT molecular complexity index is 603. The van der Waals surface area contributed by atoms with Crippen LogP contribution in [0.4, 0.5) is 10.8 Å². The Morgan fingerprint density at radius 2 is 2.28 bits per heavy atom. The van der Waals surface area contributed by atoms with Crippen molar-refractivity contribution in [3.05, 3.63) is 38.3 Å². The van der Waals surface area contributed by atoms with Crippen molar-refractivity contribution >= 4 is 44.2 Å². The van der Waals surface area contributed by atoms with Gasteiger partial charge in [-0.2, -0.15) is 0 Å². The summed E-state index contributed by atoms with van der Waals surface area (Å²) in [5.41, 5.74) is -0.0440. The average molecular weight is 330 g/mol. The van der Waals surface area contributed by atoms with Crippen LogP contribution in [0.2, 0.25) is 0 Å². The third kappa shape index (κ3) is 2.49.